The number of hydrogen-bond donors (Lipinski definition) is 0. The van der Waals surface area contributed by atoms with E-state index in [-0.39, 0.29) is 22.2 Å². The Morgan fingerprint density at radius 2 is 1.25 bits per heavy atom. The lowest BCUT2D eigenvalue weighted by atomic mass is 9.95. The summed E-state index contributed by atoms with van der Waals surface area (Å²) < 4.78 is 78.9. The highest BCUT2D eigenvalue weighted by molar-refractivity contribution is 6.34. The van der Waals surface area contributed by atoms with Gasteiger partial charge in [0.2, 0.25) is 0 Å². The zero-order valence-electron chi connectivity index (χ0n) is 14.0. The van der Waals surface area contributed by atoms with Crippen molar-refractivity contribution in [3.8, 4) is 22.3 Å². The standard InChI is InChI=1S/C21H11ClF6/c22-19-16(5-6-17-15-4-2-1-3-11(15)9-18(17)19)12-7-13(20(23,24)25)10-14(8-12)21(26,27)28/h1-8,10H,9H2. The van der Waals surface area contributed by atoms with Gasteiger partial charge in [0.25, 0.3) is 0 Å². The summed E-state index contributed by atoms with van der Waals surface area (Å²) >= 11 is 6.45. The lowest BCUT2D eigenvalue weighted by molar-refractivity contribution is -0.143. The van der Waals surface area contributed by atoms with Gasteiger partial charge in [0.05, 0.1) is 16.1 Å². The second-order valence-electron chi connectivity index (χ2n) is 6.58. The minimum atomic E-state index is -4.91. The van der Waals surface area contributed by atoms with Gasteiger partial charge in [-0.25, -0.2) is 0 Å². The van der Waals surface area contributed by atoms with Crippen LogP contribution in [0.25, 0.3) is 22.3 Å². The molecule has 0 aliphatic heterocycles. The first-order chi connectivity index (χ1) is 13.1. The highest BCUT2D eigenvalue weighted by Gasteiger charge is 2.37. The van der Waals surface area contributed by atoms with Gasteiger partial charge in [-0.1, -0.05) is 48.0 Å². The van der Waals surface area contributed by atoms with E-state index in [9.17, 15) is 26.3 Å². The number of alkyl halides is 6. The first-order valence-electron chi connectivity index (χ1n) is 8.25. The fraction of sp³-hybridized carbons (Fsp3) is 0.143. The summed E-state index contributed by atoms with van der Waals surface area (Å²) in [4.78, 5) is 0. The van der Waals surface area contributed by atoms with Gasteiger partial charge in [-0.2, -0.15) is 26.3 Å². The molecule has 1 aliphatic carbocycles. The molecular weight excluding hydrogens is 402 g/mol. The summed E-state index contributed by atoms with van der Waals surface area (Å²) in [5, 5.41) is 0.168. The molecule has 0 amide bonds. The first kappa shape index (κ1) is 18.9. The Morgan fingerprint density at radius 3 is 1.86 bits per heavy atom. The van der Waals surface area contributed by atoms with Crippen LogP contribution < -0.4 is 0 Å². The second kappa shape index (κ2) is 6.27. The zero-order chi connectivity index (χ0) is 20.3. The lowest BCUT2D eigenvalue weighted by Gasteiger charge is -2.16. The van der Waals surface area contributed by atoms with Crippen LogP contribution in [0.3, 0.4) is 0 Å². The number of benzene rings is 3. The van der Waals surface area contributed by atoms with E-state index in [1.807, 2.05) is 24.3 Å². The molecule has 3 aromatic rings. The van der Waals surface area contributed by atoms with Crippen LogP contribution in [0.5, 0.6) is 0 Å². The third-order valence-electron chi connectivity index (χ3n) is 4.82. The lowest BCUT2D eigenvalue weighted by Crippen LogP contribution is -2.11. The van der Waals surface area contributed by atoms with Crippen LogP contribution in [-0.4, -0.2) is 0 Å². The van der Waals surface area contributed by atoms with Crippen molar-refractivity contribution in [2.75, 3.05) is 0 Å². The van der Waals surface area contributed by atoms with Gasteiger partial charge in [0, 0.05) is 12.0 Å². The van der Waals surface area contributed by atoms with E-state index in [1.54, 1.807) is 6.07 Å². The summed E-state index contributed by atoms with van der Waals surface area (Å²) in [6.07, 6.45) is -9.34. The highest BCUT2D eigenvalue weighted by Crippen LogP contribution is 2.45. The Kier molecular flexibility index (Phi) is 4.23. The van der Waals surface area contributed by atoms with E-state index in [0.717, 1.165) is 16.7 Å². The Labute approximate surface area is 161 Å². The van der Waals surface area contributed by atoms with Crippen molar-refractivity contribution in [1.29, 1.82) is 0 Å². The van der Waals surface area contributed by atoms with E-state index < -0.39 is 23.5 Å². The molecule has 0 N–H and O–H groups in total. The van der Waals surface area contributed by atoms with Crippen molar-refractivity contribution < 1.29 is 26.3 Å². The molecule has 0 saturated carbocycles. The number of fused-ring (bicyclic) bond motifs is 3. The third-order valence-corrected chi connectivity index (χ3v) is 5.25. The molecule has 0 aromatic heterocycles. The van der Waals surface area contributed by atoms with E-state index in [2.05, 4.69) is 0 Å². The number of rotatable bonds is 1. The van der Waals surface area contributed by atoms with Crippen LogP contribution >= 0.6 is 11.6 Å². The van der Waals surface area contributed by atoms with Gasteiger partial charge in [0.15, 0.2) is 0 Å². The molecule has 0 heterocycles. The molecule has 144 valence electrons. The molecule has 0 spiro atoms. The minimum absolute atomic E-state index is 0.112. The third kappa shape index (κ3) is 3.15. The van der Waals surface area contributed by atoms with Crippen molar-refractivity contribution in [3.05, 3.63) is 81.9 Å². The van der Waals surface area contributed by atoms with Crippen molar-refractivity contribution in [3.63, 3.8) is 0 Å². The van der Waals surface area contributed by atoms with Crippen LogP contribution in [0, 0.1) is 0 Å². The van der Waals surface area contributed by atoms with Crippen molar-refractivity contribution >= 4 is 11.6 Å². The molecule has 28 heavy (non-hydrogen) atoms. The van der Waals surface area contributed by atoms with E-state index >= 15 is 0 Å². The number of halogens is 7. The quantitative estimate of drug-likeness (QED) is 0.282. The maximum Gasteiger partial charge on any atom is 0.416 e. The molecule has 0 unspecified atom stereocenters. The van der Waals surface area contributed by atoms with E-state index in [4.69, 9.17) is 11.6 Å². The maximum absolute atomic E-state index is 13.2. The Morgan fingerprint density at radius 1 is 0.679 bits per heavy atom. The summed E-state index contributed by atoms with van der Waals surface area (Å²) in [6, 6.07) is 12.2. The van der Waals surface area contributed by atoms with Crippen molar-refractivity contribution in [2.45, 2.75) is 18.8 Å². The molecule has 0 radical (unpaired) electrons. The number of hydrogen-bond acceptors (Lipinski definition) is 0. The van der Waals surface area contributed by atoms with E-state index in [1.165, 1.54) is 6.07 Å². The second-order valence-corrected chi connectivity index (χ2v) is 6.96. The molecule has 0 saturated heterocycles. The van der Waals surface area contributed by atoms with Gasteiger partial charge in [-0.3, -0.25) is 0 Å². The topological polar surface area (TPSA) is 0 Å². The molecule has 0 bridgehead atoms. The van der Waals surface area contributed by atoms with Crippen molar-refractivity contribution in [1.82, 2.24) is 0 Å². The fourth-order valence-corrected chi connectivity index (χ4v) is 3.85. The average Bonchev–Trinajstić information content (AvgIpc) is 3.00. The smallest absolute Gasteiger partial charge is 0.166 e. The summed E-state index contributed by atoms with van der Waals surface area (Å²) in [5.41, 5.74) is 0.714. The van der Waals surface area contributed by atoms with Gasteiger partial charge in [-0.05, 0) is 46.0 Å². The van der Waals surface area contributed by atoms with Crippen LogP contribution in [0.15, 0.2) is 54.6 Å². The normalized spacial score (nSPS) is 13.4. The first-order valence-corrected chi connectivity index (χ1v) is 8.63. The summed E-state index contributed by atoms with van der Waals surface area (Å²) in [5.74, 6) is 0. The Bertz CT molecular complexity index is 1050. The molecule has 4 rings (SSSR count). The van der Waals surface area contributed by atoms with E-state index in [0.29, 0.717) is 24.1 Å². The van der Waals surface area contributed by atoms with Gasteiger partial charge >= 0.3 is 12.4 Å². The molecule has 7 heteroatoms. The van der Waals surface area contributed by atoms with Crippen LogP contribution in [0.4, 0.5) is 26.3 Å². The van der Waals surface area contributed by atoms with Crippen LogP contribution in [0.2, 0.25) is 5.02 Å². The molecule has 1 aliphatic rings. The van der Waals surface area contributed by atoms with Crippen LogP contribution in [-0.2, 0) is 18.8 Å². The van der Waals surface area contributed by atoms with Crippen LogP contribution in [0.1, 0.15) is 22.3 Å². The Balaban J connectivity index is 1.90. The molecular formula is C21H11ClF6. The highest BCUT2D eigenvalue weighted by atomic mass is 35.5. The fourth-order valence-electron chi connectivity index (χ4n) is 3.51. The molecule has 0 fully saturated rings. The Hall–Kier alpha value is -2.47. The average molecular weight is 413 g/mol. The predicted molar refractivity (Wildman–Crippen MR) is 95.1 cm³/mol. The van der Waals surface area contributed by atoms with Gasteiger partial charge in [-0.15, -0.1) is 0 Å². The van der Waals surface area contributed by atoms with Gasteiger partial charge in [0.1, 0.15) is 0 Å². The largest absolute Gasteiger partial charge is 0.416 e. The van der Waals surface area contributed by atoms with Crippen molar-refractivity contribution in [2.24, 2.45) is 0 Å². The zero-order valence-corrected chi connectivity index (χ0v) is 14.8. The summed E-state index contributed by atoms with van der Waals surface area (Å²) in [7, 11) is 0. The molecule has 0 atom stereocenters. The maximum atomic E-state index is 13.2. The monoisotopic (exact) mass is 412 g/mol. The molecule has 0 nitrogen and oxygen atoms in total. The SMILES string of the molecule is FC(F)(F)c1cc(-c2ccc3c(c2Cl)Cc2ccccc2-3)cc(C(F)(F)F)c1. The molecule has 3 aromatic carbocycles. The predicted octanol–water partition coefficient (Wildman–Crippen LogP) is 7.62. The minimum Gasteiger partial charge on any atom is -0.166 e. The van der Waals surface area contributed by atoms with Gasteiger partial charge < -0.3 is 0 Å². The summed E-state index contributed by atoms with van der Waals surface area (Å²) in [6.45, 7) is 0.